The quantitative estimate of drug-likeness (QED) is 0.844. The van der Waals surface area contributed by atoms with Gasteiger partial charge >= 0.3 is 0 Å². The van der Waals surface area contributed by atoms with Crippen LogP contribution in [-0.4, -0.2) is 14.5 Å². The lowest BCUT2D eigenvalue weighted by atomic mass is 9.85. The molecule has 0 saturated heterocycles. The maximum Gasteiger partial charge on any atom is 0.179 e. The molecular formula is C15H23N3S. The number of pyridine rings is 1. The number of fused-ring (bicyclic) bond motifs is 1. The second-order valence-electron chi connectivity index (χ2n) is 6.02. The van der Waals surface area contributed by atoms with Crippen molar-refractivity contribution in [3.05, 3.63) is 22.6 Å². The first-order valence-electron chi connectivity index (χ1n) is 6.96. The fourth-order valence-corrected chi connectivity index (χ4v) is 2.97. The van der Waals surface area contributed by atoms with E-state index in [9.17, 15) is 0 Å². The van der Waals surface area contributed by atoms with E-state index in [2.05, 4.69) is 48.3 Å². The molecule has 104 valence electrons. The smallest absolute Gasteiger partial charge is 0.179 e. The summed E-state index contributed by atoms with van der Waals surface area (Å²) in [6.07, 6.45) is 0. The molecule has 2 aromatic heterocycles. The summed E-state index contributed by atoms with van der Waals surface area (Å²) in [4.78, 5) is 7.89. The molecule has 0 atom stereocenters. The fourth-order valence-electron chi connectivity index (χ4n) is 2.70. The summed E-state index contributed by atoms with van der Waals surface area (Å²) in [5.74, 6) is 1.88. The number of imidazole rings is 1. The van der Waals surface area contributed by atoms with Crippen LogP contribution in [0.3, 0.4) is 0 Å². The summed E-state index contributed by atoms with van der Waals surface area (Å²) in [6, 6.07) is 4.07. The third kappa shape index (κ3) is 2.89. The number of nitrogens with zero attached hydrogens (tertiary/aromatic N) is 2. The Balaban J connectivity index is 2.47. The molecule has 4 heteroatoms. The molecule has 0 spiro atoms. The predicted octanol–water partition coefficient (Wildman–Crippen LogP) is 4.33. The molecule has 0 saturated carbocycles. The summed E-state index contributed by atoms with van der Waals surface area (Å²) in [6.45, 7) is 12.1. The highest BCUT2D eigenvalue weighted by atomic mass is 32.1. The first kappa shape index (κ1) is 14.3. The Hall–Kier alpha value is -1.16. The first-order chi connectivity index (χ1) is 8.90. The van der Waals surface area contributed by atoms with E-state index in [0.717, 1.165) is 28.2 Å². The van der Waals surface area contributed by atoms with Gasteiger partial charge in [0.2, 0.25) is 0 Å². The number of aryl methyl sites for hydroxylation is 1. The van der Waals surface area contributed by atoms with Crippen molar-refractivity contribution in [1.29, 1.82) is 0 Å². The third-order valence-corrected chi connectivity index (χ3v) is 4.19. The first-order valence-corrected chi connectivity index (χ1v) is 7.37. The number of hydrogen-bond acceptors (Lipinski definition) is 2. The van der Waals surface area contributed by atoms with Crippen molar-refractivity contribution in [2.24, 2.45) is 17.8 Å². The lowest BCUT2D eigenvalue weighted by Gasteiger charge is -2.25. The second kappa shape index (κ2) is 5.45. The molecule has 0 aliphatic rings. The van der Waals surface area contributed by atoms with Gasteiger partial charge in [0.1, 0.15) is 0 Å². The van der Waals surface area contributed by atoms with Crippen LogP contribution in [0.25, 0.3) is 11.2 Å². The molecule has 0 bridgehead atoms. The van der Waals surface area contributed by atoms with Gasteiger partial charge in [0.05, 0.1) is 5.52 Å². The van der Waals surface area contributed by atoms with Crippen LogP contribution in [0.4, 0.5) is 0 Å². The van der Waals surface area contributed by atoms with Gasteiger partial charge in [-0.1, -0.05) is 27.7 Å². The minimum atomic E-state index is 0.605. The van der Waals surface area contributed by atoms with Gasteiger partial charge in [0, 0.05) is 12.2 Å². The molecule has 0 aliphatic carbocycles. The zero-order valence-corrected chi connectivity index (χ0v) is 13.2. The summed E-state index contributed by atoms with van der Waals surface area (Å²) in [5, 5.41) is 0. The van der Waals surface area contributed by atoms with Gasteiger partial charge < -0.3 is 9.55 Å². The van der Waals surface area contributed by atoms with Gasteiger partial charge in [-0.2, -0.15) is 0 Å². The highest BCUT2D eigenvalue weighted by Crippen LogP contribution is 2.24. The average molecular weight is 277 g/mol. The van der Waals surface area contributed by atoms with Gasteiger partial charge in [-0.05, 0) is 49.0 Å². The van der Waals surface area contributed by atoms with Crippen LogP contribution in [-0.2, 0) is 6.54 Å². The molecular weight excluding hydrogens is 254 g/mol. The van der Waals surface area contributed by atoms with Crippen molar-refractivity contribution >= 4 is 23.4 Å². The zero-order chi connectivity index (χ0) is 14.2. The normalized spacial score (nSPS) is 12.2. The van der Waals surface area contributed by atoms with E-state index in [4.69, 9.17) is 12.2 Å². The molecule has 1 N–H and O–H groups in total. The average Bonchev–Trinajstić information content (AvgIpc) is 2.60. The van der Waals surface area contributed by atoms with E-state index in [1.54, 1.807) is 0 Å². The van der Waals surface area contributed by atoms with Crippen molar-refractivity contribution in [3.63, 3.8) is 0 Å². The van der Waals surface area contributed by atoms with E-state index in [1.165, 1.54) is 0 Å². The van der Waals surface area contributed by atoms with E-state index in [0.29, 0.717) is 17.8 Å². The van der Waals surface area contributed by atoms with Gasteiger partial charge in [-0.25, -0.2) is 4.98 Å². The zero-order valence-electron chi connectivity index (χ0n) is 12.4. The van der Waals surface area contributed by atoms with Gasteiger partial charge in [0.15, 0.2) is 10.4 Å². The van der Waals surface area contributed by atoms with Crippen molar-refractivity contribution in [3.8, 4) is 0 Å². The molecule has 2 aromatic rings. The minimum absolute atomic E-state index is 0.605. The molecule has 0 aliphatic heterocycles. The number of rotatable bonds is 4. The monoisotopic (exact) mass is 277 g/mol. The van der Waals surface area contributed by atoms with Crippen LogP contribution in [0.1, 0.15) is 33.4 Å². The maximum atomic E-state index is 5.46. The van der Waals surface area contributed by atoms with Gasteiger partial charge in [-0.15, -0.1) is 0 Å². The van der Waals surface area contributed by atoms with E-state index in [1.807, 2.05) is 13.0 Å². The summed E-state index contributed by atoms with van der Waals surface area (Å²) in [5.41, 5.74) is 3.04. The molecule has 2 heterocycles. The summed E-state index contributed by atoms with van der Waals surface area (Å²) in [7, 11) is 0. The Morgan fingerprint density at radius 3 is 2.42 bits per heavy atom. The highest BCUT2D eigenvalue weighted by Gasteiger charge is 2.20. The summed E-state index contributed by atoms with van der Waals surface area (Å²) >= 11 is 5.46. The van der Waals surface area contributed by atoms with E-state index < -0.39 is 0 Å². The molecule has 3 nitrogen and oxygen atoms in total. The fraction of sp³-hybridized carbons (Fsp3) is 0.600. The lowest BCUT2D eigenvalue weighted by molar-refractivity contribution is 0.253. The van der Waals surface area contributed by atoms with E-state index >= 15 is 0 Å². The van der Waals surface area contributed by atoms with Crippen molar-refractivity contribution < 1.29 is 0 Å². The largest absolute Gasteiger partial charge is 0.329 e. The molecule has 0 aromatic carbocycles. The van der Waals surface area contributed by atoms with Crippen LogP contribution in [0.5, 0.6) is 0 Å². The van der Waals surface area contributed by atoms with Crippen LogP contribution >= 0.6 is 12.2 Å². The lowest BCUT2D eigenvalue weighted by Crippen LogP contribution is -2.22. The Morgan fingerprint density at radius 1 is 1.21 bits per heavy atom. The number of H-pyrrole nitrogens is 1. The van der Waals surface area contributed by atoms with Gasteiger partial charge in [-0.3, -0.25) is 0 Å². The van der Waals surface area contributed by atoms with Crippen molar-refractivity contribution in [2.45, 2.75) is 41.2 Å². The standard InChI is InChI=1S/C15H23N3S/c1-9(2)12(10(3)4)8-18-14-13(17-15(18)19)7-6-11(5)16-14/h6-7,9-10,12H,8H2,1-5H3,(H,17,19). The number of aromatic amines is 1. The molecule has 19 heavy (non-hydrogen) atoms. The van der Waals surface area contributed by atoms with Crippen LogP contribution in [0.2, 0.25) is 0 Å². The van der Waals surface area contributed by atoms with Gasteiger partial charge in [0.25, 0.3) is 0 Å². The topological polar surface area (TPSA) is 33.6 Å². The molecule has 0 radical (unpaired) electrons. The van der Waals surface area contributed by atoms with Crippen LogP contribution < -0.4 is 0 Å². The Morgan fingerprint density at radius 2 is 1.84 bits per heavy atom. The van der Waals surface area contributed by atoms with Crippen LogP contribution in [0, 0.1) is 29.4 Å². The predicted molar refractivity (Wildman–Crippen MR) is 82.8 cm³/mol. The molecule has 0 fully saturated rings. The molecule has 0 unspecified atom stereocenters. The minimum Gasteiger partial charge on any atom is -0.329 e. The van der Waals surface area contributed by atoms with Crippen molar-refractivity contribution in [1.82, 2.24) is 14.5 Å². The third-order valence-electron chi connectivity index (χ3n) is 3.86. The highest BCUT2D eigenvalue weighted by molar-refractivity contribution is 7.71. The number of hydrogen-bond donors (Lipinski definition) is 1. The molecule has 2 rings (SSSR count). The Kier molecular flexibility index (Phi) is 4.09. The Bertz CT molecular complexity index is 614. The van der Waals surface area contributed by atoms with Crippen LogP contribution in [0.15, 0.2) is 12.1 Å². The van der Waals surface area contributed by atoms with Crippen molar-refractivity contribution in [2.75, 3.05) is 0 Å². The molecule has 0 amide bonds. The Labute approximate surface area is 120 Å². The SMILES string of the molecule is Cc1ccc2[nH]c(=S)n(CC(C(C)C)C(C)C)c2n1. The maximum absolute atomic E-state index is 5.46. The summed E-state index contributed by atoms with van der Waals surface area (Å²) < 4.78 is 2.93. The number of nitrogens with one attached hydrogen (secondary N) is 1. The number of aromatic nitrogens is 3. The second-order valence-corrected chi connectivity index (χ2v) is 6.40. The van der Waals surface area contributed by atoms with E-state index in [-0.39, 0.29) is 0 Å².